The van der Waals surface area contributed by atoms with E-state index in [2.05, 4.69) is 4.90 Å². The molecular formula is C34H38N2O9. The van der Waals surface area contributed by atoms with Crippen LogP contribution in [0.4, 0.5) is 0 Å². The first-order valence-electron chi connectivity index (χ1n) is 15.1. The monoisotopic (exact) mass is 618 g/mol. The van der Waals surface area contributed by atoms with Crippen molar-refractivity contribution in [2.75, 3.05) is 47.5 Å². The van der Waals surface area contributed by atoms with Crippen LogP contribution in [0, 0.1) is 11.8 Å². The molecule has 1 heterocycles. The zero-order chi connectivity index (χ0) is 32.4. The molecule has 0 radical (unpaired) electrons. The molecule has 0 spiro atoms. The van der Waals surface area contributed by atoms with Crippen molar-refractivity contribution in [3.63, 3.8) is 0 Å². The summed E-state index contributed by atoms with van der Waals surface area (Å²) < 4.78 is 11.2. The van der Waals surface area contributed by atoms with E-state index in [0.717, 1.165) is 31.1 Å². The van der Waals surface area contributed by atoms with Crippen molar-refractivity contribution in [3.8, 4) is 22.6 Å². The predicted molar refractivity (Wildman–Crippen MR) is 164 cm³/mol. The number of benzene rings is 2. The molecule has 2 aromatic carbocycles. The van der Waals surface area contributed by atoms with Crippen molar-refractivity contribution >= 4 is 23.1 Å². The van der Waals surface area contributed by atoms with Crippen molar-refractivity contribution in [2.24, 2.45) is 11.8 Å². The molecule has 45 heavy (non-hydrogen) atoms. The molecule has 11 nitrogen and oxygen atoms in total. The van der Waals surface area contributed by atoms with Gasteiger partial charge in [0.05, 0.1) is 31.9 Å². The van der Waals surface area contributed by atoms with Crippen molar-refractivity contribution in [1.29, 1.82) is 0 Å². The summed E-state index contributed by atoms with van der Waals surface area (Å²) in [5.41, 5.74) is -0.233. The Bertz CT molecular complexity index is 1670. The molecule has 11 heteroatoms. The Labute approximate surface area is 261 Å². The van der Waals surface area contributed by atoms with E-state index in [1.54, 1.807) is 27.3 Å². The summed E-state index contributed by atoms with van der Waals surface area (Å²) >= 11 is 0. The van der Waals surface area contributed by atoms with E-state index in [1.807, 2.05) is 18.2 Å². The lowest BCUT2D eigenvalue weighted by atomic mass is 9.57. The fourth-order valence-electron chi connectivity index (χ4n) is 7.68. The van der Waals surface area contributed by atoms with Crippen LogP contribution in [-0.2, 0) is 32.1 Å². The zero-order valence-electron chi connectivity index (χ0n) is 25.8. The molecule has 0 bridgehead atoms. The number of hydrogen-bond donors (Lipinski definition) is 4. The third kappa shape index (κ3) is 4.77. The Morgan fingerprint density at radius 2 is 1.80 bits per heavy atom. The number of aliphatic hydroxyl groups is 3. The van der Waals surface area contributed by atoms with Gasteiger partial charge >= 0.3 is 0 Å². The van der Waals surface area contributed by atoms with E-state index < -0.39 is 57.9 Å². The van der Waals surface area contributed by atoms with Gasteiger partial charge in [0.2, 0.25) is 5.78 Å². The second-order valence-electron chi connectivity index (χ2n) is 12.6. The van der Waals surface area contributed by atoms with Gasteiger partial charge < -0.3 is 29.9 Å². The number of phenols is 1. The highest BCUT2D eigenvalue weighted by atomic mass is 16.5. The maximum atomic E-state index is 14.2. The molecule has 2 aromatic rings. The van der Waals surface area contributed by atoms with Gasteiger partial charge in [-0.3, -0.25) is 24.2 Å². The number of fused-ring (bicyclic) bond motifs is 3. The van der Waals surface area contributed by atoms with Crippen LogP contribution < -0.4 is 4.74 Å². The third-order valence-corrected chi connectivity index (χ3v) is 9.77. The van der Waals surface area contributed by atoms with Gasteiger partial charge in [-0.2, -0.15) is 0 Å². The SMILES string of the molecule is COc1ccc(CN2CCOCC2)cc1-c1ccc(O)c2c1C[C@H]1C[C@H]3[C@H](N(C)C)C(=O)C(C(C)=O)=C(O)[C@@]3(O)C(=O)C1=C2O. The molecule has 2 fully saturated rings. The van der Waals surface area contributed by atoms with Crippen LogP contribution in [0.25, 0.3) is 16.9 Å². The Kier molecular flexibility index (Phi) is 7.85. The lowest BCUT2D eigenvalue weighted by molar-refractivity contribution is -0.153. The highest BCUT2D eigenvalue weighted by Crippen LogP contribution is 2.54. The number of nitrogens with zero attached hydrogens (tertiary/aromatic N) is 2. The number of carbonyl (C=O) groups excluding carboxylic acids is 3. The minimum Gasteiger partial charge on any atom is -0.508 e. The van der Waals surface area contributed by atoms with E-state index in [4.69, 9.17) is 9.47 Å². The largest absolute Gasteiger partial charge is 0.508 e. The van der Waals surface area contributed by atoms with Crippen LogP contribution in [0.1, 0.15) is 30.0 Å². The molecule has 1 saturated carbocycles. The third-order valence-electron chi connectivity index (χ3n) is 9.77. The van der Waals surface area contributed by atoms with Crippen molar-refractivity contribution < 1.29 is 44.3 Å². The van der Waals surface area contributed by atoms with E-state index >= 15 is 0 Å². The van der Waals surface area contributed by atoms with Gasteiger partial charge in [-0.15, -0.1) is 0 Å². The first-order valence-corrected chi connectivity index (χ1v) is 15.1. The number of methoxy groups -OCH3 is 1. The van der Waals surface area contributed by atoms with E-state index in [0.29, 0.717) is 36.6 Å². The summed E-state index contributed by atoms with van der Waals surface area (Å²) in [5.74, 6) is -5.32. The normalized spacial score (nSPS) is 26.9. The number of aromatic hydroxyl groups is 1. The first kappa shape index (κ1) is 31.0. The molecule has 4 atom stereocenters. The molecule has 1 aliphatic heterocycles. The minimum absolute atomic E-state index is 0.0498. The second kappa shape index (κ2) is 11.4. The van der Waals surface area contributed by atoms with Crippen LogP contribution in [0.15, 0.2) is 47.2 Å². The molecule has 238 valence electrons. The summed E-state index contributed by atoms with van der Waals surface area (Å²) in [5, 5.41) is 45.7. The maximum Gasteiger partial charge on any atom is 0.202 e. The van der Waals surface area contributed by atoms with Crippen molar-refractivity contribution in [3.05, 3.63) is 63.9 Å². The number of morpholine rings is 1. The predicted octanol–water partition coefficient (Wildman–Crippen LogP) is 2.58. The number of likely N-dealkylation sites (N-methyl/N-ethyl adjacent to an activating group) is 1. The molecule has 6 rings (SSSR count). The first-order chi connectivity index (χ1) is 21.4. The molecular weight excluding hydrogens is 580 g/mol. The summed E-state index contributed by atoms with van der Waals surface area (Å²) in [4.78, 5) is 43.9. The fourth-order valence-corrected chi connectivity index (χ4v) is 7.68. The topological polar surface area (TPSA) is 157 Å². The van der Waals surface area contributed by atoms with Crippen molar-refractivity contribution in [1.82, 2.24) is 9.80 Å². The van der Waals surface area contributed by atoms with Gasteiger partial charge in [0, 0.05) is 36.7 Å². The van der Waals surface area contributed by atoms with Gasteiger partial charge in [0.25, 0.3) is 0 Å². The molecule has 4 aliphatic rings. The summed E-state index contributed by atoms with van der Waals surface area (Å²) in [6, 6.07) is 8.03. The lowest BCUT2D eigenvalue weighted by Gasteiger charge is -2.50. The number of ether oxygens (including phenoxy) is 2. The number of carbonyl (C=O) groups is 3. The van der Waals surface area contributed by atoms with Crippen LogP contribution in [0.5, 0.6) is 11.5 Å². The second-order valence-corrected chi connectivity index (χ2v) is 12.6. The Balaban J connectivity index is 1.49. The van der Waals surface area contributed by atoms with Crippen LogP contribution in [-0.4, -0.2) is 107 Å². The van der Waals surface area contributed by atoms with Gasteiger partial charge in [0.1, 0.15) is 28.6 Å². The minimum atomic E-state index is -2.61. The smallest absolute Gasteiger partial charge is 0.202 e. The summed E-state index contributed by atoms with van der Waals surface area (Å²) in [7, 11) is 4.79. The van der Waals surface area contributed by atoms with E-state index in [1.165, 1.54) is 11.0 Å². The molecule has 0 aromatic heterocycles. The average molecular weight is 619 g/mol. The van der Waals surface area contributed by atoms with Crippen LogP contribution >= 0.6 is 0 Å². The van der Waals surface area contributed by atoms with Gasteiger partial charge in [-0.25, -0.2) is 0 Å². The summed E-state index contributed by atoms with van der Waals surface area (Å²) in [6.07, 6.45) is 0.250. The van der Waals surface area contributed by atoms with Gasteiger partial charge in [0.15, 0.2) is 17.2 Å². The maximum absolute atomic E-state index is 14.2. The van der Waals surface area contributed by atoms with Crippen LogP contribution in [0.2, 0.25) is 0 Å². The Morgan fingerprint density at radius 1 is 1.09 bits per heavy atom. The molecule has 0 unspecified atom stereocenters. The quantitative estimate of drug-likeness (QED) is 0.353. The highest BCUT2D eigenvalue weighted by molar-refractivity contribution is 6.25. The highest BCUT2D eigenvalue weighted by Gasteiger charge is 2.64. The standard InChI is InChI=1S/C34H38N2O9/c1-17(37)26-31(40)29(35(2)3)23-15-19-14-22-20(21-13-18(5-8-25(21)44-4)16-36-9-11-45-12-10-36)6-7-24(38)28(22)30(39)27(19)33(42)34(23,43)32(26)41/h5-8,13,19,23,29,38-39,41,43H,9-12,14-16H2,1-4H3/t19-,23-,29-,34+/m0/s1. The van der Waals surface area contributed by atoms with Gasteiger partial charge in [-0.1, -0.05) is 12.1 Å². The Morgan fingerprint density at radius 3 is 2.44 bits per heavy atom. The van der Waals surface area contributed by atoms with E-state index in [-0.39, 0.29) is 29.7 Å². The summed E-state index contributed by atoms with van der Waals surface area (Å²) in [6.45, 7) is 4.76. The number of Topliss-reactive ketones (excluding diaryl/α,β-unsaturated/α-hetero) is 3. The van der Waals surface area contributed by atoms with Crippen LogP contribution in [0.3, 0.4) is 0 Å². The molecule has 0 amide bonds. The van der Waals surface area contributed by atoms with Gasteiger partial charge in [-0.05, 0) is 74.7 Å². The lowest BCUT2D eigenvalue weighted by Crippen LogP contribution is -2.65. The van der Waals surface area contributed by atoms with Crippen molar-refractivity contribution in [2.45, 2.75) is 38.0 Å². The molecule has 4 N–H and O–H groups in total. The molecule has 3 aliphatic carbocycles. The Hall–Kier alpha value is -4.03. The average Bonchev–Trinajstić information content (AvgIpc) is 2.99. The number of ketones is 3. The number of aliphatic hydroxyl groups excluding tert-OH is 2. The molecule has 1 saturated heterocycles. The number of rotatable bonds is 6. The van der Waals surface area contributed by atoms with E-state index in [9.17, 15) is 34.8 Å². The zero-order valence-corrected chi connectivity index (χ0v) is 25.8. The number of phenolic OH excluding ortho intramolecular Hbond substituents is 1. The fraction of sp³-hybridized carbons (Fsp3) is 0.441. The number of hydrogen-bond acceptors (Lipinski definition) is 11.